The molecule has 20 heavy (non-hydrogen) atoms. The molecule has 0 amide bonds. The third kappa shape index (κ3) is 1.92. The van der Waals surface area contributed by atoms with Crippen molar-refractivity contribution in [1.29, 1.82) is 0 Å². The molecule has 2 aromatic rings. The van der Waals surface area contributed by atoms with E-state index in [0.717, 1.165) is 23.3 Å². The Hall–Kier alpha value is -1.48. The average molecular weight is 282 g/mol. The second-order valence-corrected chi connectivity index (χ2v) is 6.27. The van der Waals surface area contributed by atoms with Crippen LogP contribution in [0.25, 0.3) is 0 Å². The highest BCUT2D eigenvalue weighted by molar-refractivity contribution is 7.71. The van der Waals surface area contributed by atoms with E-state index in [0.29, 0.717) is 5.92 Å². The zero-order valence-electron chi connectivity index (χ0n) is 11.5. The summed E-state index contributed by atoms with van der Waals surface area (Å²) in [5.74, 6) is 1.48. The molecule has 0 saturated carbocycles. The molecule has 0 saturated heterocycles. The Morgan fingerprint density at radius 1 is 1.10 bits per heavy atom. The maximum Gasteiger partial charge on any atom is 0.133 e. The number of H-pyrrole nitrogens is 1. The number of nitrogens with zero attached hydrogens (tertiary/aromatic N) is 1. The lowest BCUT2D eigenvalue weighted by atomic mass is 9.82. The molecule has 0 spiro atoms. The number of benzene rings is 1. The molecule has 2 aliphatic carbocycles. The first-order valence-corrected chi connectivity index (χ1v) is 7.93. The number of aryl methyl sites for hydroxylation is 2. The van der Waals surface area contributed by atoms with E-state index in [9.17, 15) is 0 Å². The summed E-state index contributed by atoms with van der Waals surface area (Å²) < 4.78 is 0.828. The second kappa shape index (κ2) is 4.81. The molecular formula is C17H18N2S. The van der Waals surface area contributed by atoms with Crippen molar-refractivity contribution < 1.29 is 0 Å². The molecule has 2 nitrogen and oxygen atoms in total. The quantitative estimate of drug-likeness (QED) is 0.798. The van der Waals surface area contributed by atoms with Crippen LogP contribution in [0.2, 0.25) is 0 Å². The number of hydrogen-bond donors (Lipinski definition) is 1. The molecule has 4 rings (SSSR count). The molecule has 0 aliphatic heterocycles. The second-order valence-electron chi connectivity index (χ2n) is 5.88. The lowest BCUT2D eigenvalue weighted by molar-refractivity contribution is 0.587. The van der Waals surface area contributed by atoms with Gasteiger partial charge in [0.2, 0.25) is 0 Å². The van der Waals surface area contributed by atoms with Crippen LogP contribution >= 0.6 is 12.2 Å². The standard InChI is InChI=1S/C17H18N2S/c20-17-14-9-4-10-15(14)18-16(19-17)13-8-3-6-11-5-1-2-7-12(11)13/h1-2,5,7,13H,3-4,6,8-10H2,(H,18,19,20). The molecule has 1 heterocycles. The highest BCUT2D eigenvalue weighted by Crippen LogP contribution is 2.35. The molecule has 102 valence electrons. The Morgan fingerprint density at radius 2 is 2.00 bits per heavy atom. The zero-order chi connectivity index (χ0) is 13.5. The maximum absolute atomic E-state index is 5.50. The summed E-state index contributed by atoms with van der Waals surface area (Å²) in [4.78, 5) is 8.33. The smallest absolute Gasteiger partial charge is 0.133 e. The molecule has 0 fully saturated rings. The van der Waals surface area contributed by atoms with Crippen LogP contribution in [0, 0.1) is 4.64 Å². The zero-order valence-corrected chi connectivity index (χ0v) is 12.3. The number of aromatic amines is 1. The minimum atomic E-state index is 0.396. The van der Waals surface area contributed by atoms with E-state index in [-0.39, 0.29) is 0 Å². The minimum Gasteiger partial charge on any atom is -0.346 e. The average Bonchev–Trinajstić information content (AvgIpc) is 2.95. The molecule has 1 aromatic carbocycles. The van der Waals surface area contributed by atoms with Gasteiger partial charge in [-0.15, -0.1) is 0 Å². The molecule has 1 unspecified atom stereocenters. The predicted octanol–water partition coefficient (Wildman–Crippen LogP) is 4.10. The number of nitrogens with one attached hydrogen (secondary N) is 1. The fourth-order valence-electron chi connectivity index (χ4n) is 3.68. The Bertz CT molecular complexity index is 717. The molecule has 3 heteroatoms. The van der Waals surface area contributed by atoms with Crippen LogP contribution in [-0.2, 0) is 19.3 Å². The highest BCUT2D eigenvalue weighted by Gasteiger charge is 2.25. The van der Waals surface area contributed by atoms with Gasteiger partial charge in [-0.1, -0.05) is 36.5 Å². The Kier molecular flexibility index (Phi) is 2.95. The topological polar surface area (TPSA) is 28.7 Å². The van der Waals surface area contributed by atoms with E-state index in [1.165, 1.54) is 48.1 Å². The van der Waals surface area contributed by atoms with E-state index in [2.05, 4.69) is 29.2 Å². The summed E-state index contributed by atoms with van der Waals surface area (Å²) in [6.45, 7) is 0. The van der Waals surface area contributed by atoms with E-state index < -0.39 is 0 Å². The van der Waals surface area contributed by atoms with Crippen LogP contribution in [0.4, 0.5) is 0 Å². The first-order chi connectivity index (χ1) is 9.83. The van der Waals surface area contributed by atoms with Crippen molar-refractivity contribution in [2.75, 3.05) is 0 Å². The third-order valence-electron chi connectivity index (χ3n) is 4.68. The van der Waals surface area contributed by atoms with E-state index in [1.807, 2.05) is 0 Å². The molecule has 0 bridgehead atoms. The van der Waals surface area contributed by atoms with Gasteiger partial charge in [0, 0.05) is 17.2 Å². The molecular weight excluding hydrogens is 264 g/mol. The van der Waals surface area contributed by atoms with Crippen molar-refractivity contribution in [3.05, 3.63) is 57.1 Å². The van der Waals surface area contributed by atoms with Gasteiger partial charge in [-0.2, -0.15) is 0 Å². The van der Waals surface area contributed by atoms with Crippen molar-refractivity contribution in [2.45, 2.75) is 44.4 Å². The van der Waals surface area contributed by atoms with Gasteiger partial charge in [0.15, 0.2) is 0 Å². The summed E-state index contributed by atoms with van der Waals surface area (Å²) in [6, 6.07) is 8.78. The highest BCUT2D eigenvalue weighted by atomic mass is 32.1. The van der Waals surface area contributed by atoms with Gasteiger partial charge in [-0.25, -0.2) is 4.98 Å². The monoisotopic (exact) mass is 282 g/mol. The Labute approximate surface area is 124 Å². The van der Waals surface area contributed by atoms with Gasteiger partial charge in [-0.05, 0) is 49.7 Å². The summed E-state index contributed by atoms with van der Waals surface area (Å²) in [7, 11) is 0. The summed E-state index contributed by atoms with van der Waals surface area (Å²) in [6.07, 6.45) is 7.04. The van der Waals surface area contributed by atoms with E-state index >= 15 is 0 Å². The predicted molar refractivity (Wildman–Crippen MR) is 82.7 cm³/mol. The van der Waals surface area contributed by atoms with Gasteiger partial charge >= 0.3 is 0 Å². The van der Waals surface area contributed by atoms with Gasteiger partial charge in [0.1, 0.15) is 10.5 Å². The number of fused-ring (bicyclic) bond motifs is 2. The molecule has 1 N–H and O–H groups in total. The largest absolute Gasteiger partial charge is 0.346 e. The molecule has 2 aliphatic rings. The SMILES string of the molecule is S=c1nc(C2CCCc3ccccc32)[nH]c2c1CCC2. The van der Waals surface area contributed by atoms with Gasteiger partial charge in [0.05, 0.1) is 0 Å². The third-order valence-corrected chi connectivity index (χ3v) is 5.01. The lowest BCUT2D eigenvalue weighted by Gasteiger charge is -2.25. The summed E-state index contributed by atoms with van der Waals surface area (Å²) >= 11 is 5.50. The van der Waals surface area contributed by atoms with Gasteiger partial charge in [0.25, 0.3) is 0 Å². The lowest BCUT2D eigenvalue weighted by Crippen LogP contribution is -2.15. The number of hydrogen-bond acceptors (Lipinski definition) is 2. The molecule has 1 atom stereocenters. The first-order valence-electron chi connectivity index (χ1n) is 7.52. The number of rotatable bonds is 1. The fourth-order valence-corrected chi connectivity index (χ4v) is 4.00. The van der Waals surface area contributed by atoms with Gasteiger partial charge < -0.3 is 4.98 Å². The maximum atomic E-state index is 5.50. The van der Waals surface area contributed by atoms with Crippen LogP contribution in [0.5, 0.6) is 0 Å². The van der Waals surface area contributed by atoms with Gasteiger partial charge in [-0.3, -0.25) is 0 Å². The van der Waals surface area contributed by atoms with E-state index in [1.54, 1.807) is 0 Å². The first kappa shape index (κ1) is 12.3. The van der Waals surface area contributed by atoms with Crippen molar-refractivity contribution in [3.63, 3.8) is 0 Å². The van der Waals surface area contributed by atoms with Crippen LogP contribution < -0.4 is 0 Å². The van der Waals surface area contributed by atoms with Crippen LogP contribution in [0.3, 0.4) is 0 Å². The molecule has 0 radical (unpaired) electrons. The normalized spacial score (nSPS) is 20.5. The Morgan fingerprint density at radius 3 is 2.95 bits per heavy atom. The van der Waals surface area contributed by atoms with Crippen molar-refractivity contribution in [2.24, 2.45) is 0 Å². The Balaban J connectivity index is 1.83. The van der Waals surface area contributed by atoms with Crippen LogP contribution in [0.15, 0.2) is 24.3 Å². The molecule has 1 aromatic heterocycles. The summed E-state index contributed by atoms with van der Waals surface area (Å²) in [5.41, 5.74) is 5.54. The minimum absolute atomic E-state index is 0.396. The van der Waals surface area contributed by atoms with Crippen molar-refractivity contribution in [3.8, 4) is 0 Å². The number of aromatic nitrogens is 2. The fraction of sp³-hybridized carbons (Fsp3) is 0.412. The van der Waals surface area contributed by atoms with E-state index in [4.69, 9.17) is 17.2 Å². The summed E-state index contributed by atoms with van der Waals surface area (Å²) in [5, 5.41) is 0. The van der Waals surface area contributed by atoms with Crippen LogP contribution in [0.1, 0.15) is 53.4 Å². The van der Waals surface area contributed by atoms with Crippen LogP contribution in [-0.4, -0.2) is 9.97 Å². The van der Waals surface area contributed by atoms with Crippen molar-refractivity contribution in [1.82, 2.24) is 9.97 Å². The van der Waals surface area contributed by atoms with Crippen molar-refractivity contribution >= 4 is 12.2 Å².